The minimum absolute atomic E-state index is 0.0435. The van der Waals surface area contributed by atoms with E-state index in [9.17, 15) is 13.6 Å². The van der Waals surface area contributed by atoms with E-state index in [-0.39, 0.29) is 24.0 Å². The highest BCUT2D eigenvalue weighted by molar-refractivity contribution is 6.12. The van der Waals surface area contributed by atoms with Crippen LogP contribution in [0.15, 0.2) is 77.4 Å². The van der Waals surface area contributed by atoms with Gasteiger partial charge in [0.1, 0.15) is 18.2 Å². The fourth-order valence-electron chi connectivity index (χ4n) is 2.95. The van der Waals surface area contributed by atoms with Gasteiger partial charge in [-0.05, 0) is 59.7 Å². The summed E-state index contributed by atoms with van der Waals surface area (Å²) in [6.07, 6.45) is 1.54. The molecular formula is C24H17F2NO4. The van der Waals surface area contributed by atoms with Crippen molar-refractivity contribution in [3.05, 3.63) is 101 Å². The van der Waals surface area contributed by atoms with Crippen molar-refractivity contribution in [2.75, 3.05) is 7.11 Å². The molecule has 4 rings (SSSR count). The zero-order chi connectivity index (χ0) is 21.8. The molecule has 5 nitrogen and oxygen atoms in total. The number of carbonyl (C=O) groups is 1. The SMILES string of the molecule is COc1cc(C=C2N=C(c3cccc(F)c3)OC2=O)ccc1OCc1ccc(F)cc1. The van der Waals surface area contributed by atoms with Crippen molar-refractivity contribution in [2.24, 2.45) is 4.99 Å². The van der Waals surface area contributed by atoms with Crippen molar-refractivity contribution in [3.63, 3.8) is 0 Å². The minimum atomic E-state index is -0.630. The fourth-order valence-corrected chi connectivity index (χ4v) is 2.95. The van der Waals surface area contributed by atoms with Crippen molar-refractivity contribution in [1.29, 1.82) is 0 Å². The Morgan fingerprint density at radius 2 is 1.77 bits per heavy atom. The van der Waals surface area contributed by atoms with Crippen LogP contribution in [0.2, 0.25) is 0 Å². The van der Waals surface area contributed by atoms with Gasteiger partial charge in [0.2, 0.25) is 5.90 Å². The average Bonchev–Trinajstić information content (AvgIpc) is 3.14. The summed E-state index contributed by atoms with van der Waals surface area (Å²) in [7, 11) is 1.50. The van der Waals surface area contributed by atoms with Crippen molar-refractivity contribution in [2.45, 2.75) is 6.61 Å². The molecule has 0 atom stereocenters. The average molecular weight is 421 g/mol. The van der Waals surface area contributed by atoms with Gasteiger partial charge in [0.05, 0.1) is 7.11 Å². The van der Waals surface area contributed by atoms with Crippen LogP contribution in [0, 0.1) is 11.6 Å². The van der Waals surface area contributed by atoms with E-state index >= 15 is 0 Å². The Morgan fingerprint density at radius 1 is 0.968 bits per heavy atom. The molecule has 0 bridgehead atoms. The molecule has 0 fully saturated rings. The van der Waals surface area contributed by atoms with Crippen LogP contribution in [0.5, 0.6) is 11.5 Å². The molecule has 0 amide bonds. The lowest BCUT2D eigenvalue weighted by atomic mass is 10.1. The second-order valence-corrected chi connectivity index (χ2v) is 6.67. The number of esters is 1. The van der Waals surface area contributed by atoms with Gasteiger partial charge in [-0.15, -0.1) is 0 Å². The smallest absolute Gasteiger partial charge is 0.363 e. The first-order chi connectivity index (χ1) is 15.0. The lowest BCUT2D eigenvalue weighted by Gasteiger charge is -2.11. The van der Waals surface area contributed by atoms with Gasteiger partial charge in [-0.3, -0.25) is 0 Å². The number of cyclic esters (lactones) is 1. The summed E-state index contributed by atoms with van der Waals surface area (Å²) in [5.74, 6) is -0.400. The van der Waals surface area contributed by atoms with Crippen molar-refractivity contribution in [3.8, 4) is 11.5 Å². The van der Waals surface area contributed by atoms with Gasteiger partial charge in [-0.2, -0.15) is 0 Å². The zero-order valence-electron chi connectivity index (χ0n) is 16.5. The molecule has 0 aliphatic carbocycles. The molecule has 0 radical (unpaired) electrons. The summed E-state index contributed by atoms with van der Waals surface area (Å²) >= 11 is 0. The molecule has 3 aromatic carbocycles. The third-order valence-corrected chi connectivity index (χ3v) is 4.49. The fraction of sp³-hybridized carbons (Fsp3) is 0.0833. The predicted octanol–water partition coefficient (Wildman–Crippen LogP) is 4.90. The van der Waals surface area contributed by atoms with Crippen molar-refractivity contribution < 1.29 is 27.8 Å². The lowest BCUT2D eigenvalue weighted by molar-refractivity contribution is -0.129. The summed E-state index contributed by atoms with van der Waals surface area (Å²) < 4.78 is 42.7. The van der Waals surface area contributed by atoms with Crippen LogP contribution in [0.3, 0.4) is 0 Å². The van der Waals surface area contributed by atoms with E-state index in [1.54, 1.807) is 42.5 Å². The summed E-state index contributed by atoms with van der Waals surface area (Å²) in [5.41, 5.74) is 1.91. The number of rotatable bonds is 6. The monoisotopic (exact) mass is 421 g/mol. The van der Waals surface area contributed by atoms with Crippen molar-refractivity contribution >= 4 is 17.9 Å². The summed E-state index contributed by atoms with van der Waals surface area (Å²) in [4.78, 5) is 16.3. The van der Waals surface area contributed by atoms with Gasteiger partial charge in [0.25, 0.3) is 0 Å². The molecule has 0 N–H and O–H groups in total. The second-order valence-electron chi connectivity index (χ2n) is 6.67. The number of benzene rings is 3. The van der Waals surface area contributed by atoms with E-state index in [4.69, 9.17) is 14.2 Å². The molecule has 0 aromatic heterocycles. The van der Waals surface area contributed by atoms with Crippen LogP contribution in [0.1, 0.15) is 16.7 Å². The molecule has 0 saturated heterocycles. The number of methoxy groups -OCH3 is 1. The van der Waals surface area contributed by atoms with E-state index in [0.29, 0.717) is 22.6 Å². The first kappa shape index (κ1) is 20.3. The van der Waals surface area contributed by atoms with Gasteiger partial charge in [0.15, 0.2) is 17.2 Å². The Labute approximate surface area is 177 Å². The topological polar surface area (TPSA) is 57.1 Å². The van der Waals surface area contributed by atoms with E-state index < -0.39 is 11.8 Å². The molecule has 1 heterocycles. The maximum Gasteiger partial charge on any atom is 0.363 e. The highest BCUT2D eigenvalue weighted by Crippen LogP contribution is 2.30. The van der Waals surface area contributed by atoms with Gasteiger partial charge >= 0.3 is 5.97 Å². The number of aliphatic imine (C=N–C) groups is 1. The van der Waals surface area contributed by atoms with E-state index in [0.717, 1.165) is 5.56 Å². The standard InChI is InChI=1S/C24H17F2NO4/c1-29-22-12-16(7-10-21(22)30-14-15-5-8-18(25)9-6-15)11-20-24(28)31-23(27-20)17-3-2-4-19(26)13-17/h2-13H,14H2,1H3. The number of halogens is 2. The number of ether oxygens (including phenoxy) is 3. The van der Waals surface area contributed by atoms with Gasteiger partial charge in [-0.1, -0.05) is 24.3 Å². The van der Waals surface area contributed by atoms with Crippen LogP contribution in [-0.4, -0.2) is 19.0 Å². The Morgan fingerprint density at radius 3 is 2.52 bits per heavy atom. The highest BCUT2D eigenvalue weighted by atomic mass is 19.1. The molecule has 0 unspecified atom stereocenters. The molecule has 1 aliphatic heterocycles. The summed E-state index contributed by atoms with van der Waals surface area (Å²) in [6.45, 7) is 0.241. The molecule has 31 heavy (non-hydrogen) atoms. The Balaban J connectivity index is 1.53. The molecular weight excluding hydrogens is 404 g/mol. The first-order valence-electron chi connectivity index (χ1n) is 9.35. The van der Waals surface area contributed by atoms with Crippen LogP contribution in [0.25, 0.3) is 6.08 Å². The number of nitrogens with zero attached hydrogens (tertiary/aromatic N) is 1. The largest absolute Gasteiger partial charge is 0.493 e. The normalized spacial score (nSPS) is 14.4. The third-order valence-electron chi connectivity index (χ3n) is 4.49. The molecule has 7 heteroatoms. The minimum Gasteiger partial charge on any atom is -0.493 e. The molecule has 0 saturated carbocycles. The third kappa shape index (κ3) is 4.78. The highest BCUT2D eigenvalue weighted by Gasteiger charge is 2.24. The Hall–Kier alpha value is -4.00. The van der Waals surface area contributed by atoms with Gasteiger partial charge < -0.3 is 14.2 Å². The maximum atomic E-state index is 13.4. The Kier molecular flexibility index (Phi) is 5.75. The van der Waals surface area contributed by atoms with E-state index in [2.05, 4.69) is 4.99 Å². The van der Waals surface area contributed by atoms with Gasteiger partial charge in [0, 0.05) is 5.56 Å². The molecule has 3 aromatic rings. The van der Waals surface area contributed by atoms with Crippen LogP contribution < -0.4 is 9.47 Å². The van der Waals surface area contributed by atoms with Crippen LogP contribution in [0.4, 0.5) is 8.78 Å². The van der Waals surface area contributed by atoms with E-state index in [1.807, 2.05) is 0 Å². The summed E-state index contributed by atoms with van der Waals surface area (Å²) in [5, 5.41) is 0. The van der Waals surface area contributed by atoms with Crippen LogP contribution in [-0.2, 0) is 16.1 Å². The maximum absolute atomic E-state index is 13.4. The summed E-state index contributed by atoms with van der Waals surface area (Å²) in [6, 6.07) is 16.8. The first-order valence-corrected chi connectivity index (χ1v) is 9.35. The number of carbonyl (C=O) groups excluding carboxylic acids is 1. The molecule has 0 spiro atoms. The van der Waals surface area contributed by atoms with E-state index in [1.165, 1.54) is 37.4 Å². The van der Waals surface area contributed by atoms with Gasteiger partial charge in [-0.25, -0.2) is 18.6 Å². The predicted molar refractivity (Wildman–Crippen MR) is 111 cm³/mol. The quantitative estimate of drug-likeness (QED) is 0.420. The molecule has 1 aliphatic rings. The number of hydrogen-bond acceptors (Lipinski definition) is 5. The van der Waals surface area contributed by atoms with Crippen LogP contribution >= 0.6 is 0 Å². The van der Waals surface area contributed by atoms with Crippen molar-refractivity contribution in [1.82, 2.24) is 0 Å². The number of hydrogen-bond donors (Lipinski definition) is 0. The molecule has 156 valence electrons. The lowest BCUT2D eigenvalue weighted by Crippen LogP contribution is -2.05. The zero-order valence-corrected chi connectivity index (χ0v) is 16.5. The second kappa shape index (κ2) is 8.79. The Bertz CT molecular complexity index is 1190.